The van der Waals surface area contributed by atoms with E-state index in [1.807, 2.05) is 17.5 Å². The lowest BCUT2D eigenvalue weighted by Crippen LogP contribution is -2.40. The van der Waals surface area contributed by atoms with E-state index >= 15 is 0 Å². The van der Waals surface area contributed by atoms with Crippen molar-refractivity contribution in [3.05, 3.63) is 50.7 Å². The van der Waals surface area contributed by atoms with E-state index in [0.29, 0.717) is 39.2 Å². The molecule has 4 rings (SSSR count). The summed E-state index contributed by atoms with van der Waals surface area (Å²) in [5.41, 5.74) is 7.09. The summed E-state index contributed by atoms with van der Waals surface area (Å²) in [7, 11) is -3.60. The number of fused-ring (bicyclic) bond motifs is 1. The topological polar surface area (TPSA) is 116 Å². The lowest BCUT2D eigenvalue weighted by molar-refractivity contribution is -0.129. The number of carbonyl (C=O) groups is 1. The Morgan fingerprint density at radius 2 is 2.16 bits per heavy atom. The van der Waals surface area contributed by atoms with Crippen molar-refractivity contribution in [3.8, 4) is 0 Å². The summed E-state index contributed by atoms with van der Waals surface area (Å²) in [6.07, 6.45) is 0.541. The van der Waals surface area contributed by atoms with Crippen LogP contribution >= 0.6 is 34.3 Å². The summed E-state index contributed by atoms with van der Waals surface area (Å²) >= 11 is 8.64. The second-order valence-corrected chi connectivity index (χ2v) is 12.0. The largest absolute Gasteiger partial charge is 0.383 e. The second-order valence-electron chi connectivity index (χ2n) is 7.45. The van der Waals surface area contributed by atoms with Gasteiger partial charge in [-0.1, -0.05) is 11.6 Å². The van der Waals surface area contributed by atoms with Gasteiger partial charge in [0.2, 0.25) is 15.7 Å². The van der Waals surface area contributed by atoms with E-state index in [0.717, 1.165) is 15.6 Å². The molecule has 1 aromatic carbocycles. The number of hydrogen-bond acceptors (Lipinski definition) is 7. The maximum atomic E-state index is 13.0. The van der Waals surface area contributed by atoms with Crippen LogP contribution in [-0.4, -0.2) is 43.5 Å². The lowest BCUT2D eigenvalue weighted by atomic mass is 10.2. The third-order valence-electron chi connectivity index (χ3n) is 5.25. The smallest absolute Gasteiger partial charge is 0.240 e. The minimum absolute atomic E-state index is 0.00699. The van der Waals surface area contributed by atoms with Crippen molar-refractivity contribution < 1.29 is 13.2 Å². The molecule has 1 fully saturated rings. The molecule has 0 radical (unpaired) electrons. The highest BCUT2D eigenvalue weighted by Gasteiger charge is 2.33. The van der Waals surface area contributed by atoms with Gasteiger partial charge in [0.05, 0.1) is 10.9 Å². The monoisotopic (exact) mass is 496 g/mol. The van der Waals surface area contributed by atoms with Gasteiger partial charge < -0.3 is 10.6 Å². The molecular formula is C20H21ClN4O3S3. The highest BCUT2D eigenvalue weighted by atomic mass is 35.5. The van der Waals surface area contributed by atoms with E-state index < -0.39 is 15.9 Å². The lowest BCUT2D eigenvalue weighted by Gasteiger charge is -2.16. The van der Waals surface area contributed by atoms with Crippen molar-refractivity contribution >= 4 is 65.9 Å². The van der Waals surface area contributed by atoms with E-state index in [-0.39, 0.29) is 17.6 Å². The Labute approximate surface area is 193 Å². The fraction of sp³-hybridized carbons (Fsp3) is 0.300. The zero-order chi connectivity index (χ0) is 22.3. The van der Waals surface area contributed by atoms with E-state index in [1.54, 1.807) is 24.0 Å². The molecule has 1 saturated heterocycles. The van der Waals surface area contributed by atoms with Gasteiger partial charge in [0.25, 0.3) is 0 Å². The first kappa shape index (κ1) is 22.2. The van der Waals surface area contributed by atoms with Crippen molar-refractivity contribution in [2.45, 2.75) is 30.1 Å². The molecule has 1 aliphatic heterocycles. The number of nitrogens with two attached hydrogens (primary N) is 1. The SMILES string of the molecule is Cc1c(S(=O)(=O)CN[C@H]2CCN(Cc3csc(C(=N)N)c3)C2=O)sc2ccc(Cl)cc12. The number of amidine groups is 1. The van der Waals surface area contributed by atoms with E-state index in [4.69, 9.17) is 22.7 Å². The van der Waals surface area contributed by atoms with Crippen LogP contribution in [0, 0.1) is 12.3 Å². The standard InChI is InChI=1S/C20H21ClN4O3S3/c1-11-14-7-13(21)2-3-16(14)30-20(11)31(27,28)10-24-15-4-5-25(19(15)26)8-12-6-17(18(22)23)29-9-12/h2-3,6-7,9,15,24H,4-5,8,10H2,1H3,(H3,22,23)/t15-/m0/s1. The van der Waals surface area contributed by atoms with Crippen molar-refractivity contribution in [1.29, 1.82) is 5.41 Å². The Balaban J connectivity index is 1.42. The van der Waals surface area contributed by atoms with Crippen molar-refractivity contribution in [3.63, 3.8) is 0 Å². The second kappa shape index (κ2) is 8.51. The number of amides is 1. The summed E-state index contributed by atoms with van der Waals surface area (Å²) in [4.78, 5) is 15.1. The quantitative estimate of drug-likeness (QED) is 0.342. The fourth-order valence-corrected chi connectivity index (χ4v) is 7.59. The van der Waals surface area contributed by atoms with Crippen LogP contribution in [0.4, 0.5) is 0 Å². The van der Waals surface area contributed by atoms with Gasteiger partial charge in [0.1, 0.15) is 15.9 Å². The fourth-order valence-electron chi connectivity index (χ4n) is 3.65. The van der Waals surface area contributed by atoms with Gasteiger partial charge in [-0.2, -0.15) is 0 Å². The molecule has 0 saturated carbocycles. The number of rotatable bonds is 7. The Bertz CT molecular complexity index is 1280. The molecule has 3 heterocycles. The molecule has 164 valence electrons. The zero-order valence-corrected chi connectivity index (χ0v) is 19.8. The van der Waals surface area contributed by atoms with Crippen LogP contribution in [0.5, 0.6) is 0 Å². The van der Waals surface area contributed by atoms with Gasteiger partial charge >= 0.3 is 0 Å². The maximum Gasteiger partial charge on any atom is 0.240 e. The Morgan fingerprint density at radius 1 is 1.39 bits per heavy atom. The van der Waals surface area contributed by atoms with Crippen LogP contribution in [-0.2, 0) is 21.2 Å². The van der Waals surface area contributed by atoms with Crippen LogP contribution in [0.15, 0.2) is 33.9 Å². The maximum absolute atomic E-state index is 13.0. The molecule has 7 nitrogen and oxygen atoms in total. The molecular weight excluding hydrogens is 476 g/mol. The highest BCUT2D eigenvalue weighted by Crippen LogP contribution is 2.36. The third-order valence-corrected chi connectivity index (χ3v) is 9.99. The van der Waals surface area contributed by atoms with Gasteiger partial charge in [0, 0.05) is 22.8 Å². The predicted molar refractivity (Wildman–Crippen MR) is 126 cm³/mol. The first-order chi connectivity index (χ1) is 14.7. The number of nitrogens with zero attached hydrogens (tertiary/aromatic N) is 1. The summed E-state index contributed by atoms with van der Waals surface area (Å²) in [6.45, 7) is 2.74. The average molecular weight is 497 g/mol. The molecule has 1 atom stereocenters. The Morgan fingerprint density at radius 3 is 2.87 bits per heavy atom. The number of aryl methyl sites for hydroxylation is 1. The van der Waals surface area contributed by atoms with E-state index in [9.17, 15) is 13.2 Å². The van der Waals surface area contributed by atoms with Crippen molar-refractivity contribution in [2.24, 2.45) is 5.73 Å². The molecule has 2 aromatic heterocycles. The average Bonchev–Trinajstić information content (AvgIpc) is 3.41. The van der Waals surface area contributed by atoms with Crippen molar-refractivity contribution in [1.82, 2.24) is 10.2 Å². The molecule has 1 amide bonds. The summed E-state index contributed by atoms with van der Waals surface area (Å²) in [5.74, 6) is -0.413. The molecule has 0 bridgehead atoms. The van der Waals surface area contributed by atoms with Crippen LogP contribution in [0.3, 0.4) is 0 Å². The normalized spacial score (nSPS) is 17.0. The summed E-state index contributed by atoms with van der Waals surface area (Å²) in [6, 6.07) is 6.61. The minimum atomic E-state index is -3.60. The molecule has 0 spiro atoms. The zero-order valence-electron chi connectivity index (χ0n) is 16.6. The minimum Gasteiger partial charge on any atom is -0.383 e. The number of likely N-dealkylation sites (tertiary alicyclic amines) is 1. The van der Waals surface area contributed by atoms with Crippen molar-refractivity contribution in [2.75, 3.05) is 12.4 Å². The number of sulfone groups is 1. The highest BCUT2D eigenvalue weighted by molar-refractivity contribution is 7.93. The van der Waals surface area contributed by atoms with Gasteiger partial charge in [-0.15, -0.1) is 22.7 Å². The first-order valence-corrected chi connectivity index (χ1v) is 13.2. The van der Waals surface area contributed by atoms with Crippen LogP contribution in [0.2, 0.25) is 5.02 Å². The number of benzene rings is 1. The summed E-state index contributed by atoms with van der Waals surface area (Å²) < 4.78 is 27.1. The molecule has 0 unspecified atom stereocenters. The van der Waals surface area contributed by atoms with Gasteiger partial charge in [-0.25, -0.2) is 8.42 Å². The van der Waals surface area contributed by atoms with Gasteiger partial charge in [-0.3, -0.25) is 15.5 Å². The Hall–Kier alpha value is -1.98. The van der Waals surface area contributed by atoms with Crippen LogP contribution in [0.1, 0.15) is 22.4 Å². The number of hydrogen-bond donors (Lipinski definition) is 3. The van der Waals surface area contributed by atoms with E-state index in [2.05, 4.69) is 5.32 Å². The number of nitrogen functional groups attached to an aromatic ring is 1. The molecule has 11 heteroatoms. The molecule has 1 aliphatic rings. The summed E-state index contributed by atoms with van der Waals surface area (Å²) in [5, 5.41) is 13.7. The van der Waals surface area contributed by atoms with Crippen LogP contribution in [0.25, 0.3) is 10.1 Å². The van der Waals surface area contributed by atoms with Gasteiger partial charge in [0.15, 0.2) is 0 Å². The van der Waals surface area contributed by atoms with Crippen LogP contribution < -0.4 is 11.1 Å². The number of carbonyl (C=O) groups excluding carboxylic acids is 1. The number of thiophene rings is 2. The molecule has 4 N–H and O–H groups in total. The first-order valence-electron chi connectivity index (χ1n) is 9.51. The number of nitrogens with one attached hydrogen (secondary N) is 2. The Kier molecular flexibility index (Phi) is 6.10. The molecule has 0 aliphatic carbocycles. The van der Waals surface area contributed by atoms with Gasteiger partial charge in [-0.05, 0) is 59.5 Å². The predicted octanol–water partition coefficient (Wildman–Crippen LogP) is 3.33. The number of halogens is 1. The molecule has 3 aromatic rings. The van der Waals surface area contributed by atoms with E-state index in [1.165, 1.54) is 22.7 Å². The molecule has 31 heavy (non-hydrogen) atoms. The third kappa shape index (κ3) is 4.49.